The van der Waals surface area contributed by atoms with Crippen LogP contribution in [0.4, 0.5) is 16.2 Å². The highest BCUT2D eigenvalue weighted by Gasteiger charge is 2.08. The summed E-state index contributed by atoms with van der Waals surface area (Å²) in [4.78, 5) is 11.8. The second-order valence-corrected chi connectivity index (χ2v) is 4.47. The molecule has 0 aliphatic heterocycles. The first-order chi connectivity index (χ1) is 10.0. The van der Waals surface area contributed by atoms with Crippen molar-refractivity contribution in [2.24, 2.45) is 0 Å². The largest absolute Gasteiger partial charge is 0.508 e. The van der Waals surface area contributed by atoms with Gasteiger partial charge in [-0.25, -0.2) is 4.79 Å². The van der Waals surface area contributed by atoms with E-state index in [0.717, 1.165) is 0 Å². The number of nitrogen functional groups attached to an aromatic ring is 1. The van der Waals surface area contributed by atoms with Crippen LogP contribution in [-0.2, 0) is 0 Å². The SMILES string of the molecule is CC(NC(=O)Nc1ccc(N)cc1)Oc1ccc(O)cc1. The van der Waals surface area contributed by atoms with E-state index in [1.807, 2.05) is 0 Å². The Kier molecular flexibility index (Phi) is 4.50. The van der Waals surface area contributed by atoms with Gasteiger partial charge < -0.3 is 26.2 Å². The Morgan fingerprint density at radius 2 is 1.76 bits per heavy atom. The van der Waals surface area contributed by atoms with E-state index in [4.69, 9.17) is 10.5 Å². The fourth-order valence-electron chi connectivity index (χ4n) is 1.68. The maximum absolute atomic E-state index is 11.8. The van der Waals surface area contributed by atoms with Crippen molar-refractivity contribution in [3.63, 3.8) is 0 Å². The summed E-state index contributed by atoms with van der Waals surface area (Å²) in [6, 6.07) is 12.7. The summed E-state index contributed by atoms with van der Waals surface area (Å²) in [5, 5.41) is 14.5. The zero-order valence-corrected chi connectivity index (χ0v) is 11.5. The van der Waals surface area contributed by atoms with Crippen molar-refractivity contribution < 1.29 is 14.6 Å². The lowest BCUT2D eigenvalue weighted by atomic mass is 10.3. The van der Waals surface area contributed by atoms with Gasteiger partial charge in [0.2, 0.25) is 0 Å². The van der Waals surface area contributed by atoms with Gasteiger partial charge in [0.25, 0.3) is 0 Å². The molecular weight excluding hydrogens is 270 g/mol. The zero-order chi connectivity index (χ0) is 15.2. The molecule has 6 nitrogen and oxygen atoms in total. The normalized spacial score (nSPS) is 11.5. The summed E-state index contributed by atoms with van der Waals surface area (Å²) in [5.74, 6) is 0.706. The van der Waals surface area contributed by atoms with E-state index in [0.29, 0.717) is 17.1 Å². The van der Waals surface area contributed by atoms with E-state index in [2.05, 4.69) is 10.6 Å². The molecule has 2 aromatic rings. The number of urea groups is 1. The molecule has 0 heterocycles. The molecule has 1 atom stereocenters. The number of hydrogen-bond acceptors (Lipinski definition) is 4. The predicted molar refractivity (Wildman–Crippen MR) is 81.2 cm³/mol. The van der Waals surface area contributed by atoms with E-state index < -0.39 is 6.23 Å². The van der Waals surface area contributed by atoms with Crippen LogP contribution >= 0.6 is 0 Å². The van der Waals surface area contributed by atoms with Crippen LogP contribution in [0.25, 0.3) is 0 Å². The van der Waals surface area contributed by atoms with Crippen molar-refractivity contribution >= 4 is 17.4 Å². The van der Waals surface area contributed by atoms with E-state index in [1.165, 1.54) is 12.1 Å². The third kappa shape index (κ3) is 4.61. The Morgan fingerprint density at radius 3 is 2.38 bits per heavy atom. The summed E-state index contributed by atoms with van der Waals surface area (Å²) < 4.78 is 5.49. The van der Waals surface area contributed by atoms with Gasteiger partial charge in [0.05, 0.1) is 0 Å². The van der Waals surface area contributed by atoms with Gasteiger partial charge in [-0.05, 0) is 55.5 Å². The minimum atomic E-state index is -0.525. The molecule has 0 bridgehead atoms. The second kappa shape index (κ2) is 6.51. The number of rotatable bonds is 4. The van der Waals surface area contributed by atoms with Gasteiger partial charge in [0.15, 0.2) is 6.23 Å². The number of hydrogen-bond donors (Lipinski definition) is 4. The molecule has 110 valence electrons. The molecule has 0 aliphatic carbocycles. The van der Waals surface area contributed by atoms with Gasteiger partial charge in [0.1, 0.15) is 11.5 Å². The second-order valence-electron chi connectivity index (χ2n) is 4.47. The third-order valence-corrected chi connectivity index (χ3v) is 2.65. The molecule has 5 N–H and O–H groups in total. The monoisotopic (exact) mass is 287 g/mol. The first kappa shape index (κ1) is 14.5. The summed E-state index contributed by atoms with van der Waals surface area (Å²) in [6.45, 7) is 1.70. The number of aromatic hydroxyl groups is 1. The van der Waals surface area contributed by atoms with Crippen molar-refractivity contribution in [1.82, 2.24) is 5.32 Å². The van der Waals surface area contributed by atoms with E-state index in [1.54, 1.807) is 43.3 Å². The average molecular weight is 287 g/mol. The van der Waals surface area contributed by atoms with Crippen molar-refractivity contribution in [3.8, 4) is 11.5 Å². The van der Waals surface area contributed by atoms with Crippen molar-refractivity contribution in [2.45, 2.75) is 13.2 Å². The van der Waals surface area contributed by atoms with Crippen molar-refractivity contribution in [3.05, 3.63) is 48.5 Å². The number of nitrogens with two attached hydrogens (primary N) is 1. The first-order valence-electron chi connectivity index (χ1n) is 6.41. The molecule has 6 heteroatoms. The minimum absolute atomic E-state index is 0.157. The number of amides is 2. The highest BCUT2D eigenvalue weighted by Crippen LogP contribution is 2.16. The molecular formula is C15H17N3O3. The maximum atomic E-state index is 11.8. The lowest BCUT2D eigenvalue weighted by molar-refractivity contribution is 0.183. The van der Waals surface area contributed by atoms with Crippen LogP contribution in [0.1, 0.15) is 6.92 Å². The van der Waals surface area contributed by atoms with Crippen molar-refractivity contribution in [2.75, 3.05) is 11.1 Å². The van der Waals surface area contributed by atoms with Gasteiger partial charge in [-0.3, -0.25) is 0 Å². The number of anilines is 2. The molecule has 2 aromatic carbocycles. The number of benzene rings is 2. The summed E-state index contributed by atoms with van der Waals surface area (Å²) in [7, 11) is 0. The molecule has 0 saturated carbocycles. The van der Waals surface area contributed by atoms with Gasteiger partial charge >= 0.3 is 6.03 Å². The van der Waals surface area contributed by atoms with Gasteiger partial charge in [-0.1, -0.05) is 0 Å². The molecule has 2 rings (SSSR count). The first-order valence-corrected chi connectivity index (χ1v) is 6.41. The molecule has 0 spiro atoms. The van der Waals surface area contributed by atoms with Crippen LogP contribution in [0.3, 0.4) is 0 Å². The fraction of sp³-hybridized carbons (Fsp3) is 0.133. The Bertz CT molecular complexity index is 597. The molecule has 0 fully saturated rings. The topological polar surface area (TPSA) is 96.6 Å². The molecule has 1 unspecified atom stereocenters. The quantitative estimate of drug-likeness (QED) is 0.513. The van der Waals surface area contributed by atoms with E-state index >= 15 is 0 Å². The van der Waals surface area contributed by atoms with Gasteiger partial charge in [0, 0.05) is 11.4 Å². The van der Waals surface area contributed by atoms with Crippen molar-refractivity contribution in [1.29, 1.82) is 0 Å². The fourth-order valence-corrected chi connectivity index (χ4v) is 1.68. The highest BCUT2D eigenvalue weighted by atomic mass is 16.5. The number of nitrogens with one attached hydrogen (secondary N) is 2. The van der Waals surface area contributed by atoms with E-state index in [9.17, 15) is 9.90 Å². The van der Waals surface area contributed by atoms with Crippen LogP contribution in [-0.4, -0.2) is 17.4 Å². The molecule has 0 aromatic heterocycles. The molecule has 21 heavy (non-hydrogen) atoms. The Balaban J connectivity index is 1.84. The van der Waals surface area contributed by atoms with Crippen LogP contribution in [0.15, 0.2) is 48.5 Å². The van der Waals surface area contributed by atoms with Crippen LogP contribution < -0.4 is 21.1 Å². The zero-order valence-electron chi connectivity index (χ0n) is 11.5. The summed E-state index contributed by atoms with van der Waals surface area (Å²) >= 11 is 0. The number of ether oxygens (including phenoxy) is 1. The number of carbonyl (C=O) groups is 1. The predicted octanol–water partition coefficient (Wildman–Crippen LogP) is 2.52. The Morgan fingerprint density at radius 1 is 1.14 bits per heavy atom. The lowest BCUT2D eigenvalue weighted by Crippen LogP contribution is -2.39. The number of phenolic OH excluding ortho intramolecular Hbond substituents is 1. The van der Waals surface area contributed by atoms with E-state index in [-0.39, 0.29) is 11.8 Å². The average Bonchev–Trinajstić information content (AvgIpc) is 2.44. The summed E-state index contributed by atoms with van der Waals surface area (Å²) in [5.41, 5.74) is 6.84. The van der Waals surface area contributed by atoms with Gasteiger partial charge in [-0.15, -0.1) is 0 Å². The molecule has 0 radical (unpaired) electrons. The lowest BCUT2D eigenvalue weighted by Gasteiger charge is -2.16. The number of carbonyl (C=O) groups excluding carboxylic acids is 1. The van der Waals surface area contributed by atoms with Crippen LogP contribution in [0.5, 0.6) is 11.5 Å². The maximum Gasteiger partial charge on any atom is 0.322 e. The van der Waals surface area contributed by atoms with Crippen LogP contribution in [0, 0.1) is 0 Å². The molecule has 0 aliphatic rings. The Labute approximate surface area is 122 Å². The standard InChI is InChI=1S/C15H17N3O3/c1-10(21-14-8-6-13(19)7-9-14)17-15(20)18-12-4-2-11(16)3-5-12/h2-10,19H,16H2,1H3,(H2,17,18,20). The van der Waals surface area contributed by atoms with Gasteiger partial charge in [-0.2, -0.15) is 0 Å². The number of phenols is 1. The van der Waals surface area contributed by atoms with Crippen LogP contribution in [0.2, 0.25) is 0 Å². The molecule has 0 saturated heterocycles. The minimum Gasteiger partial charge on any atom is -0.508 e. The summed E-state index contributed by atoms with van der Waals surface area (Å²) in [6.07, 6.45) is -0.525. The smallest absolute Gasteiger partial charge is 0.322 e. The third-order valence-electron chi connectivity index (χ3n) is 2.65. The Hall–Kier alpha value is -2.89. The highest BCUT2D eigenvalue weighted by molar-refractivity contribution is 5.89. The molecule has 2 amide bonds.